The second-order valence-corrected chi connectivity index (χ2v) is 2.05. The van der Waals surface area contributed by atoms with Crippen LogP contribution in [0.3, 0.4) is 0 Å². The van der Waals surface area contributed by atoms with Crippen LogP contribution in [0.5, 0.6) is 0 Å². The summed E-state index contributed by atoms with van der Waals surface area (Å²) in [7, 11) is 0. The van der Waals surface area contributed by atoms with E-state index in [1.54, 1.807) is 0 Å². The van der Waals surface area contributed by atoms with Crippen LogP contribution in [-0.4, -0.2) is 45.5 Å². The molecule has 1 rings (SSSR count). The number of amides is 2. The van der Waals surface area contributed by atoms with Gasteiger partial charge in [-0.15, -0.1) is 0 Å². The Morgan fingerprint density at radius 1 is 1.08 bits per heavy atom. The molecule has 1 aliphatic rings. The van der Waals surface area contributed by atoms with E-state index >= 15 is 0 Å². The smallest absolute Gasteiger partial charge is 0.253 e. The minimum absolute atomic E-state index is 0.125. The number of hydrogen-bond donors (Lipinski definition) is 3. The van der Waals surface area contributed by atoms with E-state index in [-0.39, 0.29) is 31.1 Å². The van der Waals surface area contributed by atoms with Gasteiger partial charge in [-0.3, -0.25) is 14.8 Å². The molecule has 2 amide bonds. The first-order valence-corrected chi connectivity index (χ1v) is 3.40. The lowest BCUT2D eigenvalue weighted by molar-refractivity contribution is -0.171. The lowest BCUT2D eigenvalue weighted by Crippen LogP contribution is -2.24. The van der Waals surface area contributed by atoms with Crippen molar-refractivity contribution in [1.29, 1.82) is 0 Å². The van der Waals surface area contributed by atoms with Gasteiger partial charge in [-0.25, -0.2) is 0 Å². The van der Waals surface area contributed by atoms with Crippen molar-refractivity contribution in [2.75, 3.05) is 13.2 Å². The average molecular weight is 177 g/mol. The first kappa shape index (κ1) is 11.0. The topological polar surface area (TPSA) is 98.1 Å². The van der Waals surface area contributed by atoms with Crippen molar-refractivity contribution in [3.63, 3.8) is 0 Å². The minimum Gasteiger partial charge on any atom is -0.394 e. The van der Waals surface area contributed by atoms with Crippen molar-refractivity contribution >= 4 is 11.8 Å². The summed E-state index contributed by atoms with van der Waals surface area (Å²) in [4.78, 5) is 20.5. The molecule has 6 nitrogen and oxygen atoms in total. The Bertz CT molecular complexity index is 151. The van der Waals surface area contributed by atoms with Crippen LogP contribution in [0.4, 0.5) is 0 Å². The minimum atomic E-state index is -0.505. The Labute approximate surface area is 69.0 Å². The van der Waals surface area contributed by atoms with Crippen LogP contribution in [0.2, 0.25) is 0 Å². The standard InChI is InChI=1S/C4H5NO3.C2H6O2/c6-3-1-2-4(7)5(3)8;3-1-2-4/h8H,1-2H2;3-4H,1-2H2. The molecule has 70 valence electrons. The highest BCUT2D eigenvalue weighted by Crippen LogP contribution is 2.06. The highest BCUT2D eigenvalue weighted by Gasteiger charge is 2.26. The molecule has 1 saturated heterocycles. The molecule has 0 bridgehead atoms. The molecule has 0 unspecified atom stereocenters. The largest absolute Gasteiger partial charge is 0.394 e. The highest BCUT2D eigenvalue weighted by atomic mass is 16.5. The zero-order valence-corrected chi connectivity index (χ0v) is 6.43. The van der Waals surface area contributed by atoms with Gasteiger partial charge in [0.05, 0.1) is 13.2 Å². The summed E-state index contributed by atoms with van der Waals surface area (Å²) in [5.41, 5.74) is 0. The van der Waals surface area contributed by atoms with Crippen molar-refractivity contribution < 1.29 is 25.0 Å². The number of imide groups is 1. The molecule has 0 aromatic heterocycles. The maximum absolute atomic E-state index is 10.2. The molecule has 0 aromatic rings. The van der Waals surface area contributed by atoms with Crippen LogP contribution in [-0.2, 0) is 9.59 Å². The van der Waals surface area contributed by atoms with Gasteiger partial charge >= 0.3 is 0 Å². The Morgan fingerprint density at radius 3 is 1.50 bits per heavy atom. The maximum Gasteiger partial charge on any atom is 0.253 e. The summed E-state index contributed by atoms with van der Waals surface area (Å²) in [5.74, 6) is -1.01. The SMILES string of the molecule is O=C1CCC(=O)N1O.OCCO. The molecule has 0 atom stereocenters. The summed E-state index contributed by atoms with van der Waals surface area (Å²) in [6.07, 6.45) is 0.296. The Morgan fingerprint density at radius 2 is 1.42 bits per heavy atom. The van der Waals surface area contributed by atoms with Gasteiger partial charge in [-0.1, -0.05) is 0 Å². The third-order valence-corrected chi connectivity index (χ3v) is 1.13. The van der Waals surface area contributed by atoms with Crippen molar-refractivity contribution in [1.82, 2.24) is 5.06 Å². The zero-order valence-electron chi connectivity index (χ0n) is 6.43. The number of aliphatic hydroxyl groups excluding tert-OH is 2. The van der Waals surface area contributed by atoms with Crippen LogP contribution in [0.1, 0.15) is 12.8 Å². The molecule has 0 spiro atoms. The van der Waals surface area contributed by atoms with Crippen molar-refractivity contribution in [2.45, 2.75) is 12.8 Å². The first-order valence-electron chi connectivity index (χ1n) is 3.40. The number of rotatable bonds is 1. The molecule has 1 aliphatic heterocycles. The molecule has 1 fully saturated rings. The molecule has 0 aliphatic carbocycles. The van der Waals surface area contributed by atoms with E-state index in [4.69, 9.17) is 15.4 Å². The van der Waals surface area contributed by atoms with Crippen molar-refractivity contribution in [3.05, 3.63) is 0 Å². The Hall–Kier alpha value is -0.980. The van der Waals surface area contributed by atoms with E-state index in [9.17, 15) is 9.59 Å². The maximum atomic E-state index is 10.2. The number of nitrogens with zero attached hydrogens (tertiary/aromatic N) is 1. The second-order valence-electron chi connectivity index (χ2n) is 2.05. The third kappa shape index (κ3) is 3.42. The van der Waals surface area contributed by atoms with Crippen LogP contribution < -0.4 is 0 Å². The number of hydrogen-bond acceptors (Lipinski definition) is 5. The lowest BCUT2D eigenvalue weighted by atomic mass is 10.4. The van der Waals surface area contributed by atoms with E-state index in [1.165, 1.54) is 0 Å². The van der Waals surface area contributed by atoms with Crippen LogP contribution >= 0.6 is 0 Å². The van der Waals surface area contributed by atoms with Crippen molar-refractivity contribution in [3.8, 4) is 0 Å². The van der Waals surface area contributed by atoms with Gasteiger partial charge < -0.3 is 10.2 Å². The predicted octanol–water partition coefficient (Wildman–Crippen LogP) is -1.50. The number of hydroxylamine groups is 2. The van der Waals surface area contributed by atoms with Crippen LogP contribution in [0.25, 0.3) is 0 Å². The lowest BCUT2D eigenvalue weighted by Gasteiger charge is -1.98. The van der Waals surface area contributed by atoms with Gasteiger partial charge in [0.1, 0.15) is 0 Å². The second kappa shape index (κ2) is 5.64. The quantitative estimate of drug-likeness (QED) is 0.334. The number of carbonyl (C=O) groups is 2. The van der Waals surface area contributed by atoms with Gasteiger partial charge in [-0.2, -0.15) is 5.06 Å². The fourth-order valence-electron chi connectivity index (χ4n) is 0.565. The molecule has 1 heterocycles. The zero-order chi connectivity index (χ0) is 9.56. The predicted molar refractivity (Wildman–Crippen MR) is 37.0 cm³/mol. The molecule has 3 N–H and O–H groups in total. The molecule has 0 radical (unpaired) electrons. The molecular formula is C6H11NO5. The van der Waals surface area contributed by atoms with Gasteiger partial charge in [-0.05, 0) is 0 Å². The monoisotopic (exact) mass is 177 g/mol. The summed E-state index contributed by atoms with van der Waals surface area (Å²) in [6.45, 7) is -0.250. The Balaban J connectivity index is 0.000000261. The molecule has 0 saturated carbocycles. The molecular weight excluding hydrogens is 166 g/mol. The first-order chi connectivity index (χ1) is 5.63. The van der Waals surface area contributed by atoms with Gasteiger partial charge in [0.25, 0.3) is 11.8 Å². The summed E-state index contributed by atoms with van der Waals surface area (Å²) in [5, 5.41) is 23.8. The van der Waals surface area contributed by atoms with E-state index < -0.39 is 11.8 Å². The fraction of sp³-hybridized carbons (Fsp3) is 0.667. The van der Waals surface area contributed by atoms with E-state index in [0.29, 0.717) is 0 Å². The molecule has 0 aromatic carbocycles. The number of carbonyl (C=O) groups excluding carboxylic acids is 2. The van der Waals surface area contributed by atoms with Gasteiger partial charge in [0, 0.05) is 12.8 Å². The summed E-state index contributed by atoms with van der Waals surface area (Å²) < 4.78 is 0. The fourth-order valence-corrected chi connectivity index (χ4v) is 0.565. The summed E-state index contributed by atoms with van der Waals surface area (Å²) in [6, 6.07) is 0. The molecule has 12 heavy (non-hydrogen) atoms. The third-order valence-electron chi connectivity index (χ3n) is 1.13. The van der Waals surface area contributed by atoms with Crippen LogP contribution in [0, 0.1) is 0 Å². The normalized spacial score (nSPS) is 16.1. The van der Waals surface area contributed by atoms with E-state index in [2.05, 4.69) is 0 Å². The molecule has 6 heteroatoms. The van der Waals surface area contributed by atoms with Crippen LogP contribution in [0.15, 0.2) is 0 Å². The highest BCUT2D eigenvalue weighted by molar-refractivity contribution is 6.00. The van der Waals surface area contributed by atoms with Gasteiger partial charge in [0.15, 0.2) is 0 Å². The number of aliphatic hydroxyl groups is 2. The Kier molecular flexibility index (Phi) is 5.18. The average Bonchev–Trinajstić information content (AvgIpc) is 2.37. The van der Waals surface area contributed by atoms with E-state index in [1.807, 2.05) is 0 Å². The van der Waals surface area contributed by atoms with E-state index in [0.717, 1.165) is 0 Å². The summed E-state index contributed by atoms with van der Waals surface area (Å²) >= 11 is 0. The van der Waals surface area contributed by atoms with Gasteiger partial charge in [0.2, 0.25) is 0 Å². The van der Waals surface area contributed by atoms with Crippen molar-refractivity contribution in [2.24, 2.45) is 0 Å².